The van der Waals surface area contributed by atoms with Crippen molar-refractivity contribution in [1.82, 2.24) is 24.9 Å². The third kappa shape index (κ3) is 15.8. The highest BCUT2D eigenvalue weighted by atomic mass is 79.9. The molecule has 6 heterocycles. The van der Waals surface area contributed by atoms with E-state index < -0.39 is 19.7 Å². The first-order valence-electron chi connectivity index (χ1n) is 24.6. The van der Waals surface area contributed by atoms with Gasteiger partial charge in [0.15, 0.2) is 10.1 Å². The monoisotopic (exact) mass is 1390 g/mol. The molecule has 5 aromatic heterocycles. The Morgan fingerprint density at radius 1 is 0.450 bits per heavy atom. The molecular formula is C62H54Br4N6O4S4. The normalized spacial score (nSPS) is 12.0. The van der Waals surface area contributed by atoms with Crippen LogP contribution in [-0.4, -0.2) is 41.8 Å². The number of fused-ring (bicyclic) bond motifs is 2. The second-order valence-corrected chi connectivity index (χ2v) is 26.9. The maximum absolute atomic E-state index is 13.1. The molecule has 1 aliphatic rings. The Kier molecular flexibility index (Phi) is 21.8. The Bertz CT molecular complexity index is 3900. The van der Waals surface area contributed by atoms with Crippen LogP contribution in [0.25, 0.3) is 0 Å². The lowest BCUT2D eigenvalue weighted by Crippen LogP contribution is -2.30. The zero-order valence-electron chi connectivity index (χ0n) is 44.2. The zero-order valence-corrected chi connectivity index (χ0v) is 53.9. The number of benzene rings is 5. The first kappa shape index (κ1) is 61.8. The van der Waals surface area contributed by atoms with Crippen LogP contribution in [0.5, 0.6) is 0 Å². The Morgan fingerprint density at radius 2 is 0.887 bits per heavy atom. The van der Waals surface area contributed by atoms with Crippen molar-refractivity contribution in [3.63, 3.8) is 0 Å². The molecule has 5 aromatic carbocycles. The molecule has 80 heavy (non-hydrogen) atoms. The first-order chi connectivity index (χ1) is 38.2. The minimum Gasteiger partial charge on any atom is -0.308 e. The molecule has 408 valence electrons. The molecule has 0 atom stereocenters. The van der Waals surface area contributed by atoms with Crippen LogP contribution in [0.3, 0.4) is 0 Å². The molecule has 1 aliphatic heterocycles. The van der Waals surface area contributed by atoms with E-state index in [0.29, 0.717) is 11.4 Å². The van der Waals surface area contributed by atoms with Crippen molar-refractivity contribution in [3.8, 4) is 0 Å². The molecule has 0 aliphatic carbocycles. The second kappa shape index (κ2) is 28.2. The predicted molar refractivity (Wildman–Crippen MR) is 339 cm³/mol. The molecule has 0 spiro atoms. The van der Waals surface area contributed by atoms with Crippen LogP contribution in [0.4, 0.5) is 17.1 Å². The summed E-state index contributed by atoms with van der Waals surface area (Å²) in [5.74, 6) is 0. The number of halogens is 4. The summed E-state index contributed by atoms with van der Waals surface area (Å²) in [6, 6.07) is 62.1. The number of hydrogen-bond acceptors (Lipinski definition) is 12. The average molecular weight is 1400 g/mol. The first-order valence-corrected chi connectivity index (χ1v) is 32.0. The number of aromatic nitrogens is 5. The third-order valence-corrected chi connectivity index (χ3v) is 19.7. The van der Waals surface area contributed by atoms with E-state index in [1.165, 1.54) is 22.1 Å². The Hall–Kier alpha value is -5.83. The molecule has 10 aromatic rings. The number of aryl methyl sites for hydroxylation is 4. The topological polar surface area (TPSA) is 136 Å². The van der Waals surface area contributed by atoms with Gasteiger partial charge in [-0.15, -0.1) is 12.6 Å². The Labute approximate surface area is 512 Å². The highest BCUT2D eigenvalue weighted by Crippen LogP contribution is 2.52. The van der Waals surface area contributed by atoms with Crippen LogP contribution in [0.2, 0.25) is 0 Å². The molecule has 0 N–H and O–H groups in total. The highest BCUT2D eigenvalue weighted by molar-refractivity contribution is 9.11. The van der Waals surface area contributed by atoms with Gasteiger partial charge in [-0.05, 0) is 212 Å². The van der Waals surface area contributed by atoms with Gasteiger partial charge < -0.3 is 4.90 Å². The molecule has 0 bridgehead atoms. The van der Waals surface area contributed by atoms with E-state index in [-0.39, 0.29) is 25.3 Å². The van der Waals surface area contributed by atoms with E-state index in [2.05, 4.69) is 169 Å². The smallest absolute Gasteiger partial charge is 0.223 e. The van der Waals surface area contributed by atoms with Gasteiger partial charge in [-0.1, -0.05) is 117 Å². The van der Waals surface area contributed by atoms with Gasteiger partial charge in [0.1, 0.15) is 9.63 Å². The lowest BCUT2D eigenvalue weighted by Gasteiger charge is -2.42. The van der Waals surface area contributed by atoms with Gasteiger partial charge in [0.2, 0.25) is 19.7 Å². The number of hydrogen-bond donors (Lipinski definition) is 1. The van der Waals surface area contributed by atoms with E-state index in [9.17, 15) is 16.8 Å². The minimum absolute atomic E-state index is 0.0591. The molecule has 18 heteroatoms. The lowest BCUT2D eigenvalue weighted by molar-refractivity contribution is 0.590. The van der Waals surface area contributed by atoms with Gasteiger partial charge in [0.05, 0.1) is 49.6 Å². The summed E-state index contributed by atoms with van der Waals surface area (Å²) in [4.78, 5) is 25.9. The fourth-order valence-electron chi connectivity index (χ4n) is 8.01. The van der Waals surface area contributed by atoms with Crippen molar-refractivity contribution < 1.29 is 16.8 Å². The van der Waals surface area contributed by atoms with Crippen molar-refractivity contribution in [2.75, 3.05) is 4.90 Å². The van der Waals surface area contributed by atoms with E-state index in [1.54, 1.807) is 104 Å². The molecular weight excluding hydrogens is 1340 g/mol. The number of anilines is 3. The number of pyridine rings is 5. The molecule has 0 fully saturated rings. The highest BCUT2D eigenvalue weighted by Gasteiger charge is 2.37. The summed E-state index contributed by atoms with van der Waals surface area (Å²) in [5.41, 5.74) is 8.67. The SMILES string of the molecule is Cc1nc(Br)ccc1Br.Cc1nc(S(=O)(=O)c2ccccc2)ccc1Br.Cc1nc(S(=O)(=O)c2ccccc2)ccc1N1c2ccccc2C(C)(C)c2ccccc21.Cc1nc(Sc2ccccc2)ccc1Br.Sc1cccnc1. The van der Waals surface area contributed by atoms with Gasteiger partial charge in [-0.3, -0.25) is 4.98 Å². The maximum atomic E-state index is 13.1. The van der Waals surface area contributed by atoms with Crippen LogP contribution in [-0.2, 0) is 25.1 Å². The van der Waals surface area contributed by atoms with Crippen molar-refractivity contribution in [2.24, 2.45) is 0 Å². The molecule has 0 radical (unpaired) electrons. The maximum Gasteiger partial charge on any atom is 0.223 e. The summed E-state index contributed by atoms with van der Waals surface area (Å²) in [7, 11) is -7.19. The van der Waals surface area contributed by atoms with Crippen molar-refractivity contribution >= 4 is 125 Å². The van der Waals surface area contributed by atoms with Crippen LogP contribution in [0.15, 0.2) is 265 Å². The number of para-hydroxylation sites is 2. The number of rotatable bonds is 7. The summed E-state index contributed by atoms with van der Waals surface area (Å²) in [5, 5.41) is 1.16. The van der Waals surface area contributed by atoms with Crippen molar-refractivity contribution in [1.29, 1.82) is 0 Å². The molecule has 11 rings (SSSR count). The van der Waals surface area contributed by atoms with Gasteiger partial charge in [0.25, 0.3) is 0 Å². The van der Waals surface area contributed by atoms with E-state index in [1.807, 2.05) is 93.6 Å². The largest absolute Gasteiger partial charge is 0.308 e. The lowest BCUT2D eigenvalue weighted by atomic mass is 9.73. The summed E-state index contributed by atoms with van der Waals surface area (Å²) in [6.07, 6.45) is 3.42. The minimum atomic E-state index is -3.68. The predicted octanol–water partition coefficient (Wildman–Crippen LogP) is 17.9. The van der Waals surface area contributed by atoms with Crippen LogP contribution < -0.4 is 4.90 Å². The summed E-state index contributed by atoms with van der Waals surface area (Å²) >= 11 is 19.0. The van der Waals surface area contributed by atoms with Crippen LogP contribution in [0.1, 0.15) is 47.8 Å². The standard InChI is InChI=1S/C27H24N2O2S.C12H10BrNO2S.C12H10BrNS.C6H5Br2N.C5H5NS/c1-19-23(17-18-26(28-19)32(30,31)20-11-5-4-6-12-20)29-24-15-9-7-13-21(24)27(2,3)22-14-8-10-16-25(22)29;1-9-11(13)7-8-12(14-9)17(15,16)10-5-3-2-4-6-10;1-9-11(13)7-8-12(14-9)15-10-5-3-2-4-6-10;1-4-5(7)2-3-6(8)9-4;7-5-2-1-3-6-4-5/h4-18H,1-3H3;2-8H,1H3;2-8H,1H3;2-3H,1H3;1-4,7H. The Balaban J connectivity index is 0.000000162. The second-order valence-electron chi connectivity index (χ2n) is 18.1. The van der Waals surface area contributed by atoms with Gasteiger partial charge in [0, 0.05) is 41.0 Å². The number of sulfone groups is 2. The summed E-state index contributed by atoms with van der Waals surface area (Å²) < 4.78 is 54.4. The van der Waals surface area contributed by atoms with Crippen molar-refractivity contribution in [3.05, 3.63) is 265 Å². The van der Waals surface area contributed by atoms with Gasteiger partial charge >= 0.3 is 0 Å². The van der Waals surface area contributed by atoms with E-state index >= 15 is 0 Å². The summed E-state index contributed by atoms with van der Waals surface area (Å²) in [6.45, 7) is 12.1. The number of nitrogens with zero attached hydrogens (tertiary/aromatic N) is 6. The van der Waals surface area contributed by atoms with Crippen molar-refractivity contribution in [2.45, 2.75) is 81.6 Å². The van der Waals surface area contributed by atoms with Gasteiger partial charge in [-0.2, -0.15) is 0 Å². The molecule has 10 nitrogen and oxygen atoms in total. The molecule has 0 saturated carbocycles. The van der Waals surface area contributed by atoms with Crippen LogP contribution in [0, 0.1) is 27.7 Å². The third-order valence-electron chi connectivity index (χ3n) is 12.2. The van der Waals surface area contributed by atoms with E-state index in [0.717, 1.165) is 56.4 Å². The van der Waals surface area contributed by atoms with E-state index in [4.69, 9.17) is 0 Å². The molecule has 0 saturated heterocycles. The zero-order chi connectivity index (χ0) is 57.6. The Morgan fingerprint density at radius 3 is 1.32 bits per heavy atom. The van der Waals surface area contributed by atoms with Crippen LogP contribution >= 0.6 is 88.1 Å². The molecule has 0 amide bonds. The average Bonchev–Trinajstić information content (AvgIpc) is 3.53. The fourth-order valence-corrected chi connectivity index (χ4v) is 12.6. The molecule has 0 unspecified atom stereocenters. The van der Waals surface area contributed by atoms with Gasteiger partial charge in [-0.25, -0.2) is 36.8 Å². The quantitative estimate of drug-likeness (QED) is 0.121. The fraction of sp³-hybridized carbons (Fsp3) is 0.113. The number of thiol groups is 1.